The highest BCUT2D eigenvalue weighted by atomic mass is 32.2. The second-order valence-corrected chi connectivity index (χ2v) is 6.48. The highest BCUT2D eigenvalue weighted by Gasteiger charge is 2.11. The van der Waals surface area contributed by atoms with Crippen molar-refractivity contribution in [3.63, 3.8) is 0 Å². The molecule has 0 unspecified atom stereocenters. The predicted molar refractivity (Wildman–Crippen MR) is 91.5 cm³/mol. The minimum Gasteiger partial charge on any atom is -0.457 e. The van der Waals surface area contributed by atoms with Crippen LogP contribution < -0.4 is 10.5 Å². The molecule has 0 fully saturated rings. The molecule has 0 bridgehead atoms. The van der Waals surface area contributed by atoms with E-state index in [1.807, 2.05) is 12.1 Å². The van der Waals surface area contributed by atoms with Crippen molar-refractivity contribution in [1.82, 2.24) is 0 Å². The lowest BCUT2D eigenvalue weighted by Crippen LogP contribution is -2.02. The lowest BCUT2D eigenvalue weighted by Gasteiger charge is -2.16. The van der Waals surface area contributed by atoms with Crippen molar-refractivity contribution >= 4 is 11.8 Å². The Morgan fingerprint density at radius 1 is 1.10 bits per heavy atom. The molecule has 3 heteroatoms. The van der Waals surface area contributed by atoms with E-state index in [1.165, 1.54) is 21.6 Å². The second kappa shape index (κ2) is 7.01. The summed E-state index contributed by atoms with van der Waals surface area (Å²) in [6, 6.07) is 10.4. The van der Waals surface area contributed by atoms with Gasteiger partial charge in [-0.25, -0.2) is 0 Å². The summed E-state index contributed by atoms with van der Waals surface area (Å²) < 4.78 is 6.19. The first kappa shape index (κ1) is 15.9. The quantitative estimate of drug-likeness (QED) is 0.791. The number of thioether (sulfide) groups is 1. The number of nitrogens with two attached hydrogens (primary N) is 1. The molecular weight excluding hydrogens is 278 g/mol. The average molecular weight is 301 g/mol. The van der Waals surface area contributed by atoms with Crippen molar-refractivity contribution in [2.75, 3.05) is 5.75 Å². The van der Waals surface area contributed by atoms with E-state index in [-0.39, 0.29) is 0 Å². The molecule has 0 saturated carbocycles. The maximum absolute atomic E-state index is 6.19. The largest absolute Gasteiger partial charge is 0.457 e. The van der Waals surface area contributed by atoms with E-state index in [1.54, 1.807) is 11.8 Å². The molecule has 0 atom stereocenters. The van der Waals surface area contributed by atoms with Gasteiger partial charge in [0.15, 0.2) is 0 Å². The molecule has 2 aromatic carbocycles. The van der Waals surface area contributed by atoms with Gasteiger partial charge in [0.2, 0.25) is 0 Å². The summed E-state index contributed by atoms with van der Waals surface area (Å²) in [7, 11) is 0. The Bertz CT molecular complexity index is 637. The first-order valence-corrected chi connectivity index (χ1v) is 8.25. The maximum Gasteiger partial charge on any atom is 0.133 e. The van der Waals surface area contributed by atoms with Crippen LogP contribution in [0.2, 0.25) is 0 Å². The van der Waals surface area contributed by atoms with Crippen molar-refractivity contribution in [2.45, 2.75) is 39.1 Å². The molecule has 2 aromatic rings. The second-order valence-electron chi connectivity index (χ2n) is 5.18. The van der Waals surface area contributed by atoms with Crippen LogP contribution in [0.15, 0.2) is 35.2 Å². The van der Waals surface area contributed by atoms with E-state index in [4.69, 9.17) is 10.5 Å². The van der Waals surface area contributed by atoms with Gasteiger partial charge in [-0.1, -0.05) is 19.1 Å². The SMILES string of the molecule is CCSc1cccc(Oc2cc(C)cc(C)c2C)c1CN. The standard InChI is InChI=1S/C18H23NOS/c1-5-21-18-8-6-7-16(15(18)11-19)20-17-10-12(2)9-13(3)14(17)4/h6-10H,5,11,19H2,1-4H3. The number of rotatable bonds is 5. The zero-order valence-corrected chi connectivity index (χ0v) is 14.0. The van der Waals surface area contributed by atoms with E-state index in [9.17, 15) is 0 Å². The van der Waals surface area contributed by atoms with Gasteiger partial charge in [0.25, 0.3) is 0 Å². The molecule has 0 radical (unpaired) electrons. The Hall–Kier alpha value is -1.45. The highest BCUT2D eigenvalue weighted by Crippen LogP contribution is 2.34. The molecule has 0 aliphatic heterocycles. The first-order chi connectivity index (χ1) is 10.1. The molecule has 0 amide bonds. The van der Waals surface area contributed by atoms with Crippen molar-refractivity contribution in [3.8, 4) is 11.5 Å². The summed E-state index contributed by atoms with van der Waals surface area (Å²) in [4.78, 5) is 1.21. The van der Waals surface area contributed by atoms with E-state index >= 15 is 0 Å². The molecule has 0 aliphatic rings. The zero-order valence-electron chi connectivity index (χ0n) is 13.2. The smallest absolute Gasteiger partial charge is 0.133 e. The monoisotopic (exact) mass is 301 g/mol. The number of hydrogen-bond donors (Lipinski definition) is 1. The highest BCUT2D eigenvalue weighted by molar-refractivity contribution is 7.99. The number of hydrogen-bond acceptors (Lipinski definition) is 3. The number of aryl methyl sites for hydroxylation is 2. The molecule has 0 aliphatic carbocycles. The van der Waals surface area contributed by atoms with Crippen LogP contribution in [-0.2, 0) is 6.54 Å². The Morgan fingerprint density at radius 2 is 1.86 bits per heavy atom. The van der Waals surface area contributed by atoms with Crippen LogP contribution in [0.5, 0.6) is 11.5 Å². The molecular formula is C18H23NOS. The molecule has 112 valence electrons. The Morgan fingerprint density at radius 3 is 2.52 bits per heavy atom. The van der Waals surface area contributed by atoms with Crippen molar-refractivity contribution in [3.05, 3.63) is 52.6 Å². The van der Waals surface area contributed by atoms with Gasteiger partial charge in [-0.05, 0) is 61.4 Å². The lowest BCUT2D eigenvalue weighted by atomic mass is 10.1. The normalized spacial score (nSPS) is 10.7. The van der Waals surface area contributed by atoms with E-state index in [0.717, 1.165) is 22.8 Å². The molecule has 2 N–H and O–H groups in total. The van der Waals surface area contributed by atoms with Crippen molar-refractivity contribution < 1.29 is 4.74 Å². The number of benzene rings is 2. The van der Waals surface area contributed by atoms with Gasteiger partial charge < -0.3 is 10.5 Å². The van der Waals surface area contributed by atoms with Crippen LogP contribution in [0.3, 0.4) is 0 Å². The third-order valence-electron chi connectivity index (χ3n) is 3.58. The summed E-state index contributed by atoms with van der Waals surface area (Å²) in [6.07, 6.45) is 0. The van der Waals surface area contributed by atoms with Gasteiger partial charge in [-0.3, -0.25) is 0 Å². The minimum atomic E-state index is 0.488. The van der Waals surface area contributed by atoms with Gasteiger partial charge in [-0.2, -0.15) is 0 Å². The minimum absolute atomic E-state index is 0.488. The number of ether oxygens (including phenoxy) is 1. The van der Waals surface area contributed by atoms with Crippen LogP contribution in [0, 0.1) is 20.8 Å². The third kappa shape index (κ3) is 3.60. The predicted octanol–water partition coefficient (Wildman–Crippen LogP) is 4.97. The molecule has 0 heterocycles. The van der Waals surface area contributed by atoms with Gasteiger partial charge >= 0.3 is 0 Å². The van der Waals surface area contributed by atoms with Gasteiger partial charge in [0.05, 0.1) is 0 Å². The average Bonchev–Trinajstić information content (AvgIpc) is 2.45. The van der Waals surface area contributed by atoms with Crippen LogP contribution in [-0.4, -0.2) is 5.75 Å². The van der Waals surface area contributed by atoms with Crippen LogP contribution in [0.4, 0.5) is 0 Å². The lowest BCUT2D eigenvalue weighted by molar-refractivity contribution is 0.470. The van der Waals surface area contributed by atoms with Gasteiger partial charge in [0, 0.05) is 17.0 Å². The molecule has 0 spiro atoms. The fourth-order valence-corrected chi connectivity index (χ4v) is 3.20. The van der Waals surface area contributed by atoms with Crippen molar-refractivity contribution in [2.24, 2.45) is 5.73 Å². The van der Waals surface area contributed by atoms with Crippen LogP contribution >= 0.6 is 11.8 Å². The van der Waals surface area contributed by atoms with E-state index < -0.39 is 0 Å². The molecule has 0 saturated heterocycles. The summed E-state index contributed by atoms with van der Waals surface area (Å²) in [5, 5.41) is 0. The summed E-state index contributed by atoms with van der Waals surface area (Å²) in [5.74, 6) is 2.81. The van der Waals surface area contributed by atoms with Gasteiger partial charge in [-0.15, -0.1) is 11.8 Å². The molecule has 2 rings (SSSR count). The Kier molecular flexibility index (Phi) is 5.32. The maximum atomic E-state index is 6.19. The third-order valence-corrected chi connectivity index (χ3v) is 4.56. The van der Waals surface area contributed by atoms with E-state index in [2.05, 4.69) is 45.9 Å². The zero-order chi connectivity index (χ0) is 15.4. The fourth-order valence-electron chi connectivity index (χ4n) is 2.36. The van der Waals surface area contributed by atoms with Gasteiger partial charge in [0.1, 0.15) is 11.5 Å². The van der Waals surface area contributed by atoms with Crippen LogP contribution in [0.1, 0.15) is 29.2 Å². The van der Waals surface area contributed by atoms with Crippen molar-refractivity contribution in [1.29, 1.82) is 0 Å². The van der Waals surface area contributed by atoms with E-state index in [0.29, 0.717) is 6.54 Å². The molecule has 21 heavy (non-hydrogen) atoms. The molecule has 0 aromatic heterocycles. The first-order valence-electron chi connectivity index (χ1n) is 7.27. The summed E-state index contributed by atoms with van der Waals surface area (Å²) in [5.41, 5.74) is 10.7. The Balaban J connectivity index is 2.42. The Labute approximate surface area is 131 Å². The molecule has 2 nitrogen and oxygen atoms in total. The fraction of sp³-hybridized carbons (Fsp3) is 0.333. The summed E-state index contributed by atoms with van der Waals surface area (Å²) >= 11 is 1.80. The van der Waals surface area contributed by atoms with Crippen LogP contribution in [0.25, 0.3) is 0 Å². The topological polar surface area (TPSA) is 35.2 Å². The summed E-state index contributed by atoms with van der Waals surface area (Å²) in [6.45, 7) is 8.93.